The van der Waals surface area contributed by atoms with Crippen LogP contribution in [-0.2, 0) is 4.79 Å². The molecule has 4 heterocycles. The van der Waals surface area contributed by atoms with E-state index in [2.05, 4.69) is 15.2 Å². The number of aromatic nitrogens is 3. The van der Waals surface area contributed by atoms with Crippen LogP contribution in [-0.4, -0.2) is 36.2 Å². The van der Waals surface area contributed by atoms with Crippen molar-refractivity contribution in [3.8, 4) is 11.1 Å². The van der Waals surface area contributed by atoms with Crippen molar-refractivity contribution in [2.75, 3.05) is 5.75 Å². The molecule has 1 amide bonds. The number of amides is 1. The molecule has 0 unspecified atom stereocenters. The molecule has 1 N–H and O–H groups in total. The third kappa shape index (κ3) is 2.91. The molecule has 0 bridgehead atoms. The van der Waals surface area contributed by atoms with Crippen LogP contribution in [0.5, 0.6) is 0 Å². The van der Waals surface area contributed by atoms with E-state index in [1.54, 1.807) is 0 Å². The highest BCUT2D eigenvalue weighted by atomic mass is 32.2. The Morgan fingerprint density at radius 1 is 1.13 bits per heavy atom. The molecule has 0 aliphatic carbocycles. The molecule has 0 fully saturated rings. The second-order valence-corrected chi connectivity index (χ2v) is 8.20. The third-order valence-corrected chi connectivity index (χ3v) is 6.44. The number of benzene rings is 1. The fourth-order valence-corrected chi connectivity index (χ4v) is 5.02. The Morgan fingerprint density at radius 2 is 1.87 bits per heavy atom. The number of nitro groups is 1. The number of thiazole rings is 1. The summed E-state index contributed by atoms with van der Waals surface area (Å²) in [4.78, 5) is 63.1. The number of carbonyl (C=O) groups is 1. The van der Waals surface area contributed by atoms with Gasteiger partial charge in [-0.05, 0) is 17.7 Å². The van der Waals surface area contributed by atoms with Gasteiger partial charge in [0.15, 0.2) is 0 Å². The maximum Gasteiger partial charge on any atom is 0.348 e. The number of H-pyrrole nitrogens is 1. The molecule has 0 spiro atoms. The predicted octanol–water partition coefficient (Wildman–Crippen LogP) is 1.15. The van der Waals surface area contributed by atoms with E-state index < -0.39 is 27.6 Å². The minimum absolute atomic E-state index is 0.0110. The number of aromatic amines is 1. The van der Waals surface area contributed by atoms with Gasteiger partial charge >= 0.3 is 16.7 Å². The van der Waals surface area contributed by atoms with E-state index in [4.69, 9.17) is 4.42 Å². The molecule has 0 saturated heterocycles. The first-order chi connectivity index (χ1) is 14.8. The molecular weight excluding hydrogens is 450 g/mol. The van der Waals surface area contributed by atoms with E-state index in [1.165, 1.54) is 24.3 Å². The number of hydrogen-bond acceptors (Lipinski definition) is 10. The van der Waals surface area contributed by atoms with Crippen molar-refractivity contribution in [2.45, 2.75) is 0 Å². The normalized spacial score (nSPS) is 13.8. The maximum absolute atomic E-state index is 12.9. The molecule has 31 heavy (non-hydrogen) atoms. The van der Waals surface area contributed by atoms with Gasteiger partial charge < -0.3 is 4.42 Å². The molecule has 0 radical (unpaired) electrons. The number of nitrogens with zero attached hydrogens (tertiary/aromatic N) is 4. The highest BCUT2D eigenvalue weighted by molar-refractivity contribution is 8.15. The topological polar surface area (TPSA) is 170 Å². The zero-order valence-corrected chi connectivity index (χ0v) is 16.6. The molecule has 1 aromatic carbocycles. The molecule has 12 nitrogen and oxygen atoms in total. The number of nitrogens with one attached hydrogen (secondary N) is 1. The summed E-state index contributed by atoms with van der Waals surface area (Å²) < 4.78 is 6.53. The van der Waals surface area contributed by atoms with Crippen molar-refractivity contribution in [1.82, 2.24) is 14.6 Å². The first-order valence-electron chi connectivity index (χ1n) is 8.45. The third-order valence-electron chi connectivity index (χ3n) is 4.44. The van der Waals surface area contributed by atoms with Gasteiger partial charge in [-0.15, -0.1) is 5.10 Å². The van der Waals surface area contributed by atoms with E-state index in [9.17, 15) is 29.3 Å². The molecule has 5 rings (SSSR count). The van der Waals surface area contributed by atoms with E-state index in [-0.39, 0.29) is 43.0 Å². The van der Waals surface area contributed by atoms with Gasteiger partial charge in [-0.2, -0.15) is 0 Å². The number of fused-ring (bicyclic) bond motifs is 3. The maximum atomic E-state index is 12.9. The van der Waals surface area contributed by atoms with Gasteiger partial charge in [0, 0.05) is 17.7 Å². The van der Waals surface area contributed by atoms with E-state index >= 15 is 0 Å². The molecule has 14 heteroatoms. The standard InChI is InChI=1S/C17H7N5O7S2/c23-8-5-30-13(18-8)10-9(6-1-3-7(4-2-6)22(27)28)11-15(29-16(10)26)21-14(25)12(24)19-20-17(21)31-11/h1-4H,5H2,(H,19,24). The van der Waals surface area contributed by atoms with E-state index in [1.807, 2.05) is 0 Å². The van der Waals surface area contributed by atoms with Gasteiger partial charge in [-0.25, -0.2) is 19.3 Å². The number of aliphatic imine (C=N–C) groups is 1. The predicted molar refractivity (Wildman–Crippen MR) is 112 cm³/mol. The minimum atomic E-state index is -0.998. The van der Waals surface area contributed by atoms with Crippen molar-refractivity contribution >= 4 is 55.1 Å². The van der Waals surface area contributed by atoms with Crippen molar-refractivity contribution in [2.24, 2.45) is 4.99 Å². The molecule has 1 aliphatic rings. The van der Waals surface area contributed by atoms with Gasteiger partial charge in [0.2, 0.25) is 10.7 Å². The van der Waals surface area contributed by atoms with Crippen LogP contribution < -0.4 is 16.7 Å². The monoisotopic (exact) mass is 457 g/mol. The summed E-state index contributed by atoms with van der Waals surface area (Å²) in [7, 11) is 0. The lowest BCUT2D eigenvalue weighted by Gasteiger charge is -2.08. The molecule has 3 aromatic heterocycles. The second-order valence-electron chi connectivity index (χ2n) is 6.26. The van der Waals surface area contributed by atoms with Crippen LogP contribution in [0.25, 0.3) is 26.5 Å². The lowest BCUT2D eigenvalue weighted by molar-refractivity contribution is -0.384. The number of thioether (sulfide) groups is 1. The number of hydrogen-bond donors (Lipinski definition) is 1. The van der Waals surface area contributed by atoms with Gasteiger partial charge in [-0.1, -0.05) is 23.1 Å². The number of rotatable bonds is 3. The fourth-order valence-electron chi connectivity index (χ4n) is 3.13. The quantitative estimate of drug-likeness (QED) is 0.269. The summed E-state index contributed by atoms with van der Waals surface area (Å²) in [6, 6.07) is 5.39. The number of non-ortho nitro benzene ring substituents is 1. The Labute approximate surface area is 177 Å². The van der Waals surface area contributed by atoms with Crippen molar-refractivity contribution in [3.63, 3.8) is 0 Å². The summed E-state index contributed by atoms with van der Waals surface area (Å²) in [6.07, 6.45) is 0. The van der Waals surface area contributed by atoms with Gasteiger partial charge in [0.05, 0.1) is 10.7 Å². The Bertz CT molecular complexity index is 1640. The lowest BCUT2D eigenvalue weighted by Crippen LogP contribution is -2.33. The lowest BCUT2D eigenvalue weighted by atomic mass is 10.0. The summed E-state index contributed by atoms with van der Waals surface area (Å²) in [6.45, 7) is 0. The Hall–Kier alpha value is -3.91. The van der Waals surface area contributed by atoms with Crippen LogP contribution in [0.2, 0.25) is 0 Å². The number of carbonyl (C=O) groups excluding carboxylic acids is 1. The highest BCUT2D eigenvalue weighted by Crippen LogP contribution is 2.37. The zero-order valence-electron chi connectivity index (χ0n) is 15.0. The Kier molecular flexibility index (Phi) is 4.19. The van der Waals surface area contributed by atoms with Crippen LogP contribution >= 0.6 is 23.1 Å². The molecule has 0 saturated carbocycles. The van der Waals surface area contributed by atoms with Gasteiger partial charge in [-0.3, -0.25) is 24.5 Å². The fraction of sp³-hybridized carbons (Fsp3) is 0.0588. The van der Waals surface area contributed by atoms with Crippen molar-refractivity contribution in [1.29, 1.82) is 0 Å². The smallest absolute Gasteiger partial charge is 0.348 e. The van der Waals surface area contributed by atoms with E-state index in [0.717, 1.165) is 27.5 Å². The molecular formula is C17H7N5O7S2. The summed E-state index contributed by atoms with van der Waals surface area (Å²) >= 11 is 2.02. The SMILES string of the molecule is O=C1CSC(c2c(-c3ccc([N+](=O)[O-])cc3)c3sc4n[nH]c(=O)c(=O)n4c3oc2=O)=N1. The summed E-state index contributed by atoms with van der Waals surface area (Å²) in [5.74, 6) is -0.372. The van der Waals surface area contributed by atoms with Crippen molar-refractivity contribution in [3.05, 3.63) is 71.1 Å². The minimum Gasteiger partial charge on any atom is -0.403 e. The summed E-state index contributed by atoms with van der Waals surface area (Å²) in [5.41, 5.74) is -2.56. The highest BCUT2D eigenvalue weighted by Gasteiger charge is 2.28. The molecule has 0 atom stereocenters. The summed E-state index contributed by atoms with van der Waals surface area (Å²) in [5, 5.41) is 17.1. The van der Waals surface area contributed by atoms with Gasteiger partial charge in [0.1, 0.15) is 15.3 Å². The van der Waals surface area contributed by atoms with Crippen LogP contribution in [0.1, 0.15) is 5.56 Å². The van der Waals surface area contributed by atoms with Crippen LogP contribution in [0.4, 0.5) is 5.69 Å². The molecule has 1 aliphatic heterocycles. The van der Waals surface area contributed by atoms with Crippen molar-refractivity contribution < 1.29 is 14.1 Å². The number of nitro benzene ring substituents is 1. The molecule has 4 aromatic rings. The Balaban J connectivity index is 1.94. The molecule has 154 valence electrons. The van der Waals surface area contributed by atoms with Crippen LogP contribution in [0.15, 0.2) is 48.1 Å². The zero-order chi connectivity index (χ0) is 21.9. The first-order valence-corrected chi connectivity index (χ1v) is 10.3. The van der Waals surface area contributed by atoms with E-state index in [0.29, 0.717) is 5.56 Å². The van der Waals surface area contributed by atoms with Gasteiger partial charge in [0.25, 0.3) is 11.6 Å². The largest absolute Gasteiger partial charge is 0.403 e. The average Bonchev–Trinajstić information content (AvgIpc) is 3.33. The van der Waals surface area contributed by atoms with Crippen LogP contribution in [0.3, 0.4) is 0 Å². The second kappa shape index (κ2) is 6.82. The van der Waals surface area contributed by atoms with Crippen LogP contribution in [0, 0.1) is 10.1 Å². The Morgan fingerprint density at radius 3 is 2.52 bits per heavy atom. The average molecular weight is 457 g/mol. The first kappa shape index (κ1) is 19.1.